The molecule has 3 fully saturated rings. The van der Waals surface area contributed by atoms with E-state index in [2.05, 4.69) is 21.6 Å². The Balaban J connectivity index is 1.30. The summed E-state index contributed by atoms with van der Waals surface area (Å²) in [6.07, 6.45) is 5.69. The van der Waals surface area contributed by atoms with E-state index in [1.807, 2.05) is 12.1 Å². The minimum atomic E-state index is -0.555. The van der Waals surface area contributed by atoms with Crippen molar-refractivity contribution >= 4 is 23.4 Å². The molecule has 3 amide bonds. The molecule has 1 aromatic carbocycles. The van der Waals surface area contributed by atoms with E-state index in [-0.39, 0.29) is 24.1 Å². The van der Waals surface area contributed by atoms with Crippen LogP contribution in [0.15, 0.2) is 18.2 Å². The molecule has 1 aromatic rings. The molecule has 30 heavy (non-hydrogen) atoms. The largest absolute Gasteiger partial charge is 0.371 e. The van der Waals surface area contributed by atoms with Crippen LogP contribution in [0, 0.1) is 11.8 Å². The maximum atomic E-state index is 13.1. The average Bonchev–Trinajstić information content (AvgIpc) is 3.11. The summed E-state index contributed by atoms with van der Waals surface area (Å²) in [5.74, 6) is 0.960. The number of nitrogens with one attached hydrogen (secondary N) is 2. The summed E-state index contributed by atoms with van der Waals surface area (Å²) >= 11 is 0. The van der Waals surface area contributed by atoms with E-state index >= 15 is 0 Å². The SMILES string of the molecule is O=C1CCC(N2Cc3c(cccc3N3CCC(C4CCNCC4)CC3)C2=O)C(=O)N1. The number of hydrogen-bond donors (Lipinski definition) is 2. The number of carbonyl (C=O) groups is 3. The summed E-state index contributed by atoms with van der Waals surface area (Å²) in [6, 6.07) is 5.39. The number of rotatable bonds is 3. The molecule has 5 rings (SSSR count). The number of amides is 3. The van der Waals surface area contributed by atoms with Crippen LogP contribution in [0.3, 0.4) is 0 Å². The van der Waals surface area contributed by atoms with Crippen molar-refractivity contribution in [2.24, 2.45) is 11.8 Å². The van der Waals surface area contributed by atoms with Crippen LogP contribution >= 0.6 is 0 Å². The van der Waals surface area contributed by atoms with Gasteiger partial charge in [-0.15, -0.1) is 0 Å². The fraction of sp³-hybridized carbons (Fsp3) is 0.609. The Labute approximate surface area is 177 Å². The van der Waals surface area contributed by atoms with Crippen molar-refractivity contribution in [2.75, 3.05) is 31.1 Å². The summed E-state index contributed by atoms with van der Waals surface area (Å²) in [5, 5.41) is 5.84. The van der Waals surface area contributed by atoms with Crippen LogP contribution in [0.4, 0.5) is 5.69 Å². The predicted molar refractivity (Wildman–Crippen MR) is 113 cm³/mol. The molecule has 1 atom stereocenters. The van der Waals surface area contributed by atoms with Crippen molar-refractivity contribution < 1.29 is 14.4 Å². The van der Waals surface area contributed by atoms with Crippen molar-refractivity contribution in [1.82, 2.24) is 15.5 Å². The number of imide groups is 1. The molecule has 4 heterocycles. The Morgan fingerprint density at radius 3 is 2.37 bits per heavy atom. The second kappa shape index (κ2) is 8.02. The van der Waals surface area contributed by atoms with E-state index in [9.17, 15) is 14.4 Å². The first-order valence-electron chi connectivity index (χ1n) is 11.3. The molecule has 0 spiro atoms. The van der Waals surface area contributed by atoms with E-state index in [1.165, 1.54) is 25.7 Å². The standard InChI is InChI=1S/C23H30N4O3/c28-21-5-4-20(22(29)25-21)27-14-18-17(23(27)30)2-1-3-19(18)26-12-8-16(9-13-26)15-6-10-24-11-7-15/h1-3,15-16,20,24H,4-14H2,(H,25,28,29). The second-order valence-corrected chi connectivity index (χ2v) is 9.12. The Morgan fingerprint density at radius 1 is 0.900 bits per heavy atom. The van der Waals surface area contributed by atoms with E-state index in [0.29, 0.717) is 18.5 Å². The van der Waals surface area contributed by atoms with Crippen molar-refractivity contribution in [3.8, 4) is 0 Å². The van der Waals surface area contributed by atoms with Gasteiger partial charge in [-0.3, -0.25) is 19.7 Å². The summed E-state index contributed by atoms with van der Waals surface area (Å²) in [5.41, 5.74) is 2.88. The summed E-state index contributed by atoms with van der Waals surface area (Å²) in [7, 11) is 0. The number of carbonyl (C=O) groups excluding carboxylic acids is 3. The minimum absolute atomic E-state index is 0.0917. The van der Waals surface area contributed by atoms with Crippen LogP contribution < -0.4 is 15.5 Å². The van der Waals surface area contributed by atoms with Gasteiger partial charge in [-0.05, 0) is 69.2 Å². The lowest BCUT2D eigenvalue weighted by Gasteiger charge is -2.39. The molecule has 4 aliphatic heterocycles. The third kappa shape index (κ3) is 3.49. The Bertz CT molecular complexity index is 856. The highest BCUT2D eigenvalue weighted by Crippen LogP contribution is 2.37. The molecular formula is C23H30N4O3. The van der Waals surface area contributed by atoms with Gasteiger partial charge in [-0.1, -0.05) is 6.07 Å². The highest BCUT2D eigenvalue weighted by molar-refractivity contribution is 6.06. The van der Waals surface area contributed by atoms with Crippen LogP contribution in [0.25, 0.3) is 0 Å². The van der Waals surface area contributed by atoms with Crippen molar-refractivity contribution in [3.63, 3.8) is 0 Å². The number of anilines is 1. The molecule has 0 aromatic heterocycles. The third-order valence-corrected chi connectivity index (χ3v) is 7.49. The first-order chi connectivity index (χ1) is 14.6. The van der Waals surface area contributed by atoms with Crippen LogP contribution in [0.5, 0.6) is 0 Å². The molecule has 7 nitrogen and oxygen atoms in total. The minimum Gasteiger partial charge on any atom is -0.371 e. The van der Waals surface area contributed by atoms with Gasteiger partial charge in [0, 0.05) is 42.9 Å². The van der Waals surface area contributed by atoms with Gasteiger partial charge in [0.2, 0.25) is 11.8 Å². The zero-order chi connectivity index (χ0) is 20.7. The smallest absolute Gasteiger partial charge is 0.255 e. The Kier molecular flexibility index (Phi) is 5.23. The van der Waals surface area contributed by atoms with Crippen LogP contribution in [-0.2, 0) is 16.1 Å². The molecule has 4 aliphatic rings. The fourth-order valence-electron chi connectivity index (χ4n) is 5.79. The highest BCUT2D eigenvalue weighted by atomic mass is 16.2. The molecule has 3 saturated heterocycles. The predicted octanol–water partition coefficient (Wildman–Crippen LogP) is 1.66. The topological polar surface area (TPSA) is 81.8 Å². The summed E-state index contributed by atoms with van der Waals surface area (Å²) in [6.45, 7) is 4.80. The van der Waals surface area contributed by atoms with Crippen molar-refractivity contribution in [1.29, 1.82) is 0 Å². The Morgan fingerprint density at radius 2 is 1.63 bits per heavy atom. The highest BCUT2D eigenvalue weighted by Gasteiger charge is 2.40. The maximum absolute atomic E-state index is 13.1. The lowest BCUT2D eigenvalue weighted by atomic mass is 9.79. The molecular weight excluding hydrogens is 380 g/mol. The van der Waals surface area contributed by atoms with Gasteiger partial charge in [0.15, 0.2) is 0 Å². The first kappa shape index (κ1) is 19.5. The van der Waals surface area contributed by atoms with Gasteiger partial charge < -0.3 is 15.1 Å². The number of piperidine rings is 3. The van der Waals surface area contributed by atoms with Gasteiger partial charge in [0.1, 0.15) is 6.04 Å². The van der Waals surface area contributed by atoms with Gasteiger partial charge in [0.05, 0.1) is 0 Å². The molecule has 160 valence electrons. The number of nitrogens with zero attached hydrogens (tertiary/aromatic N) is 2. The van der Waals surface area contributed by atoms with Crippen LogP contribution in [-0.4, -0.2) is 54.8 Å². The van der Waals surface area contributed by atoms with E-state index in [1.54, 1.807) is 4.90 Å². The van der Waals surface area contributed by atoms with E-state index in [0.717, 1.165) is 49.3 Å². The molecule has 0 aliphatic carbocycles. The monoisotopic (exact) mass is 410 g/mol. The lowest BCUT2D eigenvalue weighted by molar-refractivity contribution is -0.136. The first-order valence-corrected chi connectivity index (χ1v) is 11.3. The second-order valence-electron chi connectivity index (χ2n) is 9.12. The third-order valence-electron chi connectivity index (χ3n) is 7.49. The zero-order valence-corrected chi connectivity index (χ0v) is 17.4. The maximum Gasteiger partial charge on any atom is 0.255 e. The van der Waals surface area contributed by atoms with Crippen molar-refractivity contribution in [3.05, 3.63) is 29.3 Å². The van der Waals surface area contributed by atoms with E-state index in [4.69, 9.17) is 0 Å². The quantitative estimate of drug-likeness (QED) is 0.741. The number of hydrogen-bond acceptors (Lipinski definition) is 5. The molecule has 7 heteroatoms. The fourth-order valence-corrected chi connectivity index (χ4v) is 5.79. The molecule has 1 unspecified atom stereocenters. The summed E-state index contributed by atoms with van der Waals surface area (Å²) < 4.78 is 0. The molecule has 0 radical (unpaired) electrons. The normalized spacial score (nSPS) is 26.1. The Hall–Kier alpha value is -2.41. The van der Waals surface area contributed by atoms with Crippen molar-refractivity contribution in [2.45, 2.75) is 51.1 Å². The van der Waals surface area contributed by atoms with Gasteiger partial charge in [-0.25, -0.2) is 0 Å². The molecule has 2 N–H and O–H groups in total. The van der Waals surface area contributed by atoms with Gasteiger partial charge >= 0.3 is 0 Å². The average molecular weight is 411 g/mol. The molecule has 0 saturated carbocycles. The summed E-state index contributed by atoms with van der Waals surface area (Å²) in [4.78, 5) is 40.9. The van der Waals surface area contributed by atoms with Crippen LogP contribution in [0.2, 0.25) is 0 Å². The van der Waals surface area contributed by atoms with Gasteiger partial charge in [0.25, 0.3) is 5.91 Å². The van der Waals surface area contributed by atoms with E-state index < -0.39 is 6.04 Å². The van der Waals surface area contributed by atoms with Gasteiger partial charge in [-0.2, -0.15) is 0 Å². The number of fused-ring (bicyclic) bond motifs is 1. The molecule has 0 bridgehead atoms. The lowest BCUT2D eigenvalue weighted by Crippen LogP contribution is -2.52. The van der Waals surface area contributed by atoms with Crippen LogP contribution in [0.1, 0.15) is 54.4 Å². The zero-order valence-electron chi connectivity index (χ0n) is 17.4. The number of benzene rings is 1.